The number of aliphatic hydroxyl groups is 2. The van der Waals surface area contributed by atoms with E-state index in [4.69, 9.17) is 14.4 Å². The van der Waals surface area contributed by atoms with E-state index in [0.717, 1.165) is 0 Å². The second kappa shape index (κ2) is 6.12. The Morgan fingerprint density at radius 3 is 2.27 bits per heavy atom. The smallest absolute Gasteiger partial charge is 0.400 e. The summed E-state index contributed by atoms with van der Waals surface area (Å²) in [6.07, 6.45) is 1.51. The molecule has 0 bridgehead atoms. The number of halogens is 1. The van der Waals surface area contributed by atoms with Crippen LogP contribution in [0.25, 0.3) is 6.08 Å². The molecule has 0 radical (unpaired) electrons. The number of aliphatic hydroxyl groups excluding tert-OH is 2. The van der Waals surface area contributed by atoms with E-state index in [0.29, 0.717) is 11.0 Å². The van der Waals surface area contributed by atoms with Crippen LogP contribution in [0.3, 0.4) is 0 Å². The van der Waals surface area contributed by atoms with Crippen LogP contribution in [-0.2, 0) is 15.9 Å². The third-order valence-electron chi connectivity index (χ3n) is 4.32. The predicted octanol–water partition coefficient (Wildman–Crippen LogP) is 2.33. The fourth-order valence-electron chi connectivity index (χ4n) is 2.18. The van der Waals surface area contributed by atoms with Gasteiger partial charge in [0.2, 0.25) is 0 Å². The molecule has 0 unspecified atom stereocenters. The van der Waals surface area contributed by atoms with E-state index >= 15 is 0 Å². The zero-order valence-electron chi connectivity index (χ0n) is 13.4. The Kier molecular flexibility index (Phi) is 4.77. The van der Waals surface area contributed by atoms with Crippen molar-refractivity contribution in [3.8, 4) is 0 Å². The average molecular weight is 308 g/mol. The highest BCUT2D eigenvalue weighted by atomic mass is 19.1. The summed E-state index contributed by atoms with van der Waals surface area (Å²) in [4.78, 5) is 0. The van der Waals surface area contributed by atoms with Crippen LogP contribution in [0.4, 0.5) is 4.39 Å². The number of hydrogen-bond acceptors (Lipinski definition) is 4. The number of benzene rings is 1. The van der Waals surface area contributed by atoms with Crippen molar-refractivity contribution in [1.82, 2.24) is 0 Å². The molecule has 2 rings (SSSR count). The quantitative estimate of drug-likeness (QED) is 0.838. The van der Waals surface area contributed by atoms with E-state index in [1.165, 1.54) is 24.3 Å². The standard InChI is InChI=1S/C16H22BFO4/c1-15(2)16(3,4)22-17(21-15)13(10-20)8-12-7-11(9-19)5-6-14(12)18/h5-8,19-20H,9-10H2,1-4H3. The minimum Gasteiger partial charge on any atom is -0.400 e. The van der Waals surface area contributed by atoms with Crippen molar-refractivity contribution in [3.05, 3.63) is 40.6 Å². The molecule has 0 atom stereocenters. The van der Waals surface area contributed by atoms with Gasteiger partial charge in [-0.25, -0.2) is 4.39 Å². The molecule has 22 heavy (non-hydrogen) atoms. The maximum absolute atomic E-state index is 13.9. The van der Waals surface area contributed by atoms with Gasteiger partial charge in [0, 0.05) is 5.56 Å². The lowest BCUT2D eigenvalue weighted by Gasteiger charge is -2.32. The third-order valence-corrected chi connectivity index (χ3v) is 4.32. The van der Waals surface area contributed by atoms with Crippen molar-refractivity contribution in [2.24, 2.45) is 0 Å². The molecule has 1 aliphatic heterocycles. The van der Waals surface area contributed by atoms with Crippen LogP contribution >= 0.6 is 0 Å². The lowest BCUT2D eigenvalue weighted by atomic mass is 9.77. The summed E-state index contributed by atoms with van der Waals surface area (Å²) in [7, 11) is -0.729. The van der Waals surface area contributed by atoms with Gasteiger partial charge in [-0.15, -0.1) is 0 Å². The van der Waals surface area contributed by atoms with E-state index in [2.05, 4.69) is 0 Å². The molecule has 1 heterocycles. The molecule has 1 aliphatic rings. The summed E-state index contributed by atoms with van der Waals surface area (Å²) in [6.45, 7) is 7.17. The molecule has 1 saturated heterocycles. The molecule has 0 aromatic heterocycles. The highest BCUT2D eigenvalue weighted by Crippen LogP contribution is 2.38. The zero-order valence-corrected chi connectivity index (χ0v) is 13.4. The van der Waals surface area contributed by atoms with Crippen LogP contribution < -0.4 is 0 Å². The van der Waals surface area contributed by atoms with Gasteiger partial charge in [0.05, 0.1) is 24.4 Å². The summed E-state index contributed by atoms with van der Waals surface area (Å²) in [5, 5.41) is 18.8. The van der Waals surface area contributed by atoms with Crippen molar-refractivity contribution in [2.45, 2.75) is 45.5 Å². The first kappa shape index (κ1) is 17.2. The predicted molar refractivity (Wildman–Crippen MR) is 83.5 cm³/mol. The Labute approximate surface area is 130 Å². The molecule has 1 fully saturated rings. The first-order chi connectivity index (χ1) is 10.2. The fraction of sp³-hybridized carbons (Fsp3) is 0.500. The second-order valence-electron chi connectivity index (χ2n) is 6.48. The van der Waals surface area contributed by atoms with Crippen molar-refractivity contribution >= 4 is 13.2 Å². The van der Waals surface area contributed by atoms with Crippen molar-refractivity contribution < 1.29 is 23.9 Å². The number of hydrogen-bond donors (Lipinski definition) is 2. The molecule has 0 aliphatic carbocycles. The van der Waals surface area contributed by atoms with E-state index in [-0.39, 0.29) is 18.8 Å². The molecule has 0 spiro atoms. The first-order valence-electron chi connectivity index (χ1n) is 7.26. The van der Waals surface area contributed by atoms with Crippen molar-refractivity contribution in [2.75, 3.05) is 6.61 Å². The van der Waals surface area contributed by atoms with Gasteiger partial charge < -0.3 is 19.5 Å². The Morgan fingerprint density at radius 1 is 1.18 bits per heavy atom. The Balaban J connectivity index is 2.33. The molecule has 120 valence electrons. The van der Waals surface area contributed by atoms with Gasteiger partial charge in [-0.3, -0.25) is 0 Å². The van der Waals surface area contributed by atoms with Crippen molar-refractivity contribution in [3.63, 3.8) is 0 Å². The van der Waals surface area contributed by atoms with Gasteiger partial charge >= 0.3 is 7.12 Å². The van der Waals surface area contributed by atoms with Crippen LogP contribution in [0.5, 0.6) is 0 Å². The van der Waals surface area contributed by atoms with E-state index in [9.17, 15) is 9.50 Å². The van der Waals surface area contributed by atoms with E-state index < -0.39 is 24.1 Å². The minimum atomic E-state index is -0.729. The molecule has 0 saturated carbocycles. The molecule has 6 heteroatoms. The lowest BCUT2D eigenvalue weighted by molar-refractivity contribution is 0.00578. The lowest BCUT2D eigenvalue weighted by Crippen LogP contribution is -2.41. The Morgan fingerprint density at radius 2 is 1.77 bits per heavy atom. The highest BCUT2D eigenvalue weighted by Gasteiger charge is 2.52. The molecular weight excluding hydrogens is 286 g/mol. The van der Waals surface area contributed by atoms with Crippen LogP contribution in [0, 0.1) is 5.82 Å². The van der Waals surface area contributed by atoms with E-state index in [1.807, 2.05) is 27.7 Å². The van der Waals surface area contributed by atoms with Gasteiger partial charge in [0.25, 0.3) is 0 Å². The maximum atomic E-state index is 13.9. The van der Waals surface area contributed by atoms with Crippen LogP contribution in [0.1, 0.15) is 38.8 Å². The summed E-state index contributed by atoms with van der Waals surface area (Å²) in [5.74, 6) is -0.431. The summed E-state index contributed by atoms with van der Waals surface area (Å²) >= 11 is 0. The van der Waals surface area contributed by atoms with Gasteiger partial charge in [-0.1, -0.05) is 12.1 Å². The first-order valence-corrected chi connectivity index (χ1v) is 7.26. The van der Waals surface area contributed by atoms with Gasteiger partial charge in [-0.2, -0.15) is 0 Å². The van der Waals surface area contributed by atoms with Crippen LogP contribution in [0.2, 0.25) is 0 Å². The topological polar surface area (TPSA) is 58.9 Å². The molecule has 0 amide bonds. The highest BCUT2D eigenvalue weighted by molar-refractivity contribution is 6.55. The normalized spacial score (nSPS) is 20.5. The molecule has 1 aromatic rings. The SMILES string of the molecule is CC1(C)OB(C(=Cc2cc(CO)ccc2F)CO)OC1(C)C. The van der Waals surface area contributed by atoms with Crippen molar-refractivity contribution in [1.29, 1.82) is 0 Å². The summed E-state index contributed by atoms with van der Waals surface area (Å²) < 4.78 is 25.6. The molecule has 1 aromatic carbocycles. The minimum absolute atomic E-state index is 0.175. The molecule has 4 nitrogen and oxygen atoms in total. The monoisotopic (exact) mass is 308 g/mol. The number of rotatable bonds is 4. The molecular formula is C16H22BFO4. The fourth-order valence-corrected chi connectivity index (χ4v) is 2.18. The van der Waals surface area contributed by atoms with Gasteiger partial charge in [0.15, 0.2) is 0 Å². The maximum Gasteiger partial charge on any atom is 0.492 e. The van der Waals surface area contributed by atoms with Crippen LogP contribution in [0.15, 0.2) is 23.7 Å². The van der Waals surface area contributed by atoms with Gasteiger partial charge in [-0.05, 0) is 50.9 Å². The molecule has 2 N–H and O–H groups in total. The second-order valence-corrected chi connectivity index (χ2v) is 6.48. The summed E-state index contributed by atoms with van der Waals surface area (Å²) in [5.41, 5.74) is 0.256. The zero-order chi connectivity index (χ0) is 16.5. The Hall–Kier alpha value is -1.21. The summed E-state index contributed by atoms with van der Waals surface area (Å²) in [6, 6.07) is 4.34. The third kappa shape index (κ3) is 3.25. The average Bonchev–Trinajstić information content (AvgIpc) is 2.66. The van der Waals surface area contributed by atoms with Gasteiger partial charge in [0.1, 0.15) is 5.82 Å². The van der Waals surface area contributed by atoms with E-state index in [1.54, 1.807) is 0 Å². The largest absolute Gasteiger partial charge is 0.492 e. The van der Waals surface area contributed by atoms with Crippen LogP contribution in [-0.4, -0.2) is 35.1 Å². The Bertz CT molecular complexity index is 568.